The molecule has 2 fully saturated rings. The number of hydrogen-bond donors (Lipinski definition) is 0. The summed E-state index contributed by atoms with van der Waals surface area (Å²) in [5.74, 6) is -2.55. The minimum Gasteiger partial charge on any atom is -0.342 e. The molecule has 1 aromatic rings. The van der Waals surface area contributed by atoms with Gasteiger partial charge in [-0.15, -0.1) is 0 Å². The second kappa shape index (κ2) is 6.02. The summed E-state index contributed by atoms with van der Waals surface area (Å²) < 4.78 is 27.7. The van der Waals surface area contributed by atoms with E-state index in [4.69, 9.17) is 0 Å². The third-order valence-corrected chi connectivity index (χ3v) is 4.35. The molecule has 2 heterocycles. The van der Waals surface area contributed by atoms with Crippen molar-refractivity contribution in [2.45, 2.75) is 25.7 Å². The van der Waals surface area contributed by atoms with Gasteiger partial charge in [0.25, 0.3) is 0 Å². The van der Waals surface area contributed by atoms with Gasteiger partial charge in [-0.3, -0.25) is 9.59 Å². The highest BCUT2D eigenvalue weighted by atomic mass is 19.1. The zero-order chi connectivity index (χ0) is 15.7. The van der Waals surface area contributed by atoms with E-state index < -0.39 is 23.5 Å². The van der Waals surface area contributed by atoms with Gasteiger partial charge in [-0.1, -0.05) is 6.07 Å². The number of rotatable bonds is 2. The van der Waals surface area contributed by atoms with Gasteiger partial charge in [0.15, 0.2) is 0 Å². The fourth-order valence-electron chi connectivity index (χ4n) is 3.21. The monoisotopic (exact) mass is 308 g/mol. The Morgan fingerprint density at radius 1 is 1.09 bits per heavy atom. The van der Waals surface area contributed by atoms with Gasteiger partial charge in [0.05, 0.1) is 5.92 Å². The number of carbonyl (C=O) groups excluding carboxylic acids is 2. The summed E-state index contributed by atoms with van der Waals surface area (Å²) in [6.45, 7) is 1.46. The maximum Gasteiger partial charge on any atom is 0.228 e. The van der Waals surface area contributed by atoms with Gasteiger partial charge in [-0.05, 0) is 31.4 Å². The maximum absolute atomic E-state index is 13.8. The Balaban J connectivity index is 1.77. The third-order valence-electron chi connectivity index (χ3n) is 4.35. The van der Waals surface area contributed by atoms with Crippen LogP contribution in [0.5, 0.6) is 0 Å². The quantitative estimate of drug-likeness (QED) is 0.841. The second-order valence-corrected chi connectivity index (χ2v) is 5.86. The Morgan fingerprint density at radius 2 is 1.73 bits per heavy atom. The maximum atomic E-state index is 13.8. The highest BCUT2D eigenvalue weighted by Crippen LogP contribution is 2.31. The zero-order valence-electron chi connectivity index (χ0n) is 12.2. The van der Waals surface area contributed by atoms with Gasteiger partial charge in [0, 0.05) is 26.1 Å². The first kappa shape index (κ1) is 14.9. The SMILES string of the molecule is O=C(C1CC(=O)N(c2c(F)cccc2F)C1)N1CCCCC1. The summed E-state index contributed by atoms with van der Waals surface area (Å²) in [5.41, 5.74) is -0.346. The van der Waals surface area contributed by atoms with E-state index in [2.05, 4.69) is 0 Å². The van der Waals surface area contributed by atoms with Crippen molar-refractivity contribution in [1.82, 2.24) is 4.90 Å². The van der Waals surface area contributed by atoms with E-state index in [0.29, 0.717) is 13.1 Å². The molecule has 2 aliphatic heterocycles. The van der Waals surface area contributed by atoms with E-state index in [-0.39, 0.29) is 24.6 Å². The first-order chi connectivity index (χ1) is 10.6. The molecule has 0 aromatic heterocycles. The van der Waals surface area contributed by atoms with Gasteiger partial charge in [0.2, 0.25) is 11.8 Å². The minimum absolute atomic E-state index is 0.0170. The number of para-hydroxylation sites is 1. The summed E-state index contributed by atoms with van der Waals surface area (Å²) in [5, 5.41) is 0. The van der Waals surface area contributed by atoms with Gasteiger partial charge in [0.1, 0.15) is 17.3 Å². The third kappa shape index (κ3) is 2.69. The smallest absolute Gasteiger partial charge is 0.228 e. The number of carbonyl (C=O) groups is 2. The van der Waals surface area contributed by atoms with E-state index in [0.717, 1.165) is 36.3 Å². The average molecular weight is 308 g/mol. The molecular formula is C16H18F2N2O2. The molecule has 2 amide bonds. The van der Waals surface area contributed by atoms with Gasteiger partial charge < -0.3 is 9.80 Å². The lowest BCUT2D eigenvalue weighted by atomic mass is 10.0. The number of piperidine rings is 1. The predicted molar refractivity (Wildman–Crippen MR) is 77.2 cm³/mol. The van der Waals surface area contributed by atoms with Crippen LogP contribution in [0.2, 0.25) is 0 Å². The van der Waals surface area contributed by atoms with Crippen molar-refractivity contribution in [2.24, 2.45) is 5.92 Å². The Labute approximate surface area is 127 Å². The lowest BCUT2D eigenvalue weighted by Gasteiger charge is -2.29. The van der Waals surface area contributed by atoms with Crippen LogP contribution in [0.3, 0.4) is 0 Å². The highest BCUT2D eigenvalue weighted by molar-refractivity contribution is 6.00. The van der Waals surface area contributed by atoms with Crippen molar-refractivity contribution in [3.63, 3.8) is 0 Å². The van der Waals surface area contributed by atoms with Crippen LogP contribution < -0.4 is 4.90 Å². The van der Waals surface area contributed by atoms with Crippen LogP contribution >= 0.6 is 0 Å². The number of hydrogen-bond acceptors (Lipinski definition) is 2. The van der Waals surface area contributed by atoms with Crippen molar-refractivity contribution < 1.29 is 18.4 Å². The van der Waals surface area contributed by atoms with Crippen LogP contribution in [0.1, 0.15) is 25.7 Å². The van der Waals surface area contributed by atoms with Gasteiger partial charge in [-0.2, -0.15) is 0 Å². The molecule has 0 spiro atoms. The van der Waals surface area contributed by atoms with Crippen molar-refractivity contribution in [3.05, 3.63) is 29.8 Å². The largest absolute Gasteiger partial charge is 0.342 e. The van der Waals surface area contributed by atoms with Gasteiger partial charge in [-0.25, -0.2) is 8.78 Å². The molecular weight excluding hydrogens is 290 g/mol. The Hall–Kier alpha value is -1.98. The molecule has 4 nitrogen and oxygen atoms in total. The summed E-state index contributed by atoms with van der Waals surface area (Å²) in [6, 6.07) is 3.49. The molecule has 0 radical (unpaired) electrons. The predicted octanol–water partition coefficient (Wildman–Crippen LogP) is 2.33. The van der Waals surface area contributed by atoms with Crippen LogP contribution in [-0.4, -0.2) is 36.3 Å². The molecule has 6 heteroatoms. The van der Waals surface area contributed by atoms with Crippen molar-refractivity contribution >= 4 is 17.5 Å². The van der Waals surface area contributed by atoms with Crippen LogP contribution in [-0.2, 0) is 9.59 Å². The van der Waals surface area contributed by atoms with E-state index in [1.165, 1.54) is 6.07 Å². The molecule has 0 N–H and O–H groups in total. The highest BCUT2D eigenvalue weighted by Gasteiger charge is 2.39. The van der Waals surface area contributed by atoms with Crippen molar-refractivity contribution in [2.75, 3.05) is 24.5 Å². The first-order valence-corrected chi connectivity index (χ1v) is 7.61. The lowest BCUT2D eigenvalue weighted by molar-refractivity contribution is -0.136. The number of benzene rings is 1. The normalized spacial score (nSPS) is 22.3. The Bertz CT molecular complexity index is 580. The second-order valence-electron chi connectivity index (χ2n) is 5.86. The van der Waals surface area contributed by atoms with E-state index in [9.17, 15) is 18.4 Å². The Kier molecular flexibility index (Phi) is 4.09. The molecule has 2 aliphatic rings. The molecule has 0 bridgehead atoms. The Morgan fingerprint density at radius 3 is 2.36 bits per heavy atom. The molecule has 1 aromatic carbocycles. The topological polar surface area (TPSA) is 40.6 Å². The molecule has 2 saturated heterocycles. The van der Waals surface area contributed by atoms with Crippen LogP contribution in [0, 0.1) is 17.6 Å². The minimum atomic E-state index is -0.778. The fourth-order valence-corrected chi connectivity index (χ4v) is 3.21. The number of likely N-dealkylation sites (tertiary alicyclic amines) is 1. The fraction of sp³-hybridized carbons (Fsp3) is 0.500. The molecule has 3 rings (SSSR count). The summed E-state index contributed by atoms with van der Waals surface area (Å²) in [4.78, 5) is 27.4. The van der Waals surface area contributed by atoms with Crippen LogP contribution in [0.4, 0.5) is 14.5 Å². The van der Waals surface area contributed by atoms with Crippen LogP contribution in [0.15, 0.2) is 18.2 Å². The molecule has 118 valence electrons. The van der Waals surface area contributed by atoms with E-state index >= 15 is 0 Å². The van der Waals surface area contributed by atoms with Crippen molar-refractivity contribution in [3.8, 4) is 0 Å². The molecule has 1 atom stereocenters. The zero-order valence-corrected chi connectivity index (χ0v) is 12.2. The van der Waals surface area contributed by atoms with Crippen molar-refractivity contribution in [1.29, 1.82) is 0 Å². The average Bonchev–Trinajstić information content (AvgIpc) is 2.89. The van der Waals surface area contributed by atoms with E-state index in [1.54, 1.807) is 4.90 Å². The summed E-state index contributed by atoms with van der Waals surface area (Å²) >= 11 is 0. The van der Waals surface area contributed by atoms with E-state index in [1.807, 2.05) is 0 Å². The summed E-state index contributed by atoms with van der Waals surface area (Å²) in [6.07, 6.45) is 3.07. The first-order valence-electron chi connectivity index (χ1n) is 7.61. The standard InChI is InChI=1S/C16H18F2N2O2/c17-12-5-4-6-13(18)15(12)20-10-11(9-14(20)21)16(22)19-7-2-1-3-8-19/h4-6,11H,1-3,7-10H2. The molecule has 1 unspecified atom stereocenters. The molecule has 0 saturated carbocycles. The molecule has 22 heavy (non-hydrogen) atoms. The van der Waals surface area contributed by atoms with Crippen LogP contribution in [0.25, 0.3) is 0 Å². The number of anilines is 1. The number of nitrogens with zero attached hydrogens (tertiary/aromatic N) is 2. The molecule has 0 aliphatic carbocycles. The number of halogens is 2. The summed E-state index contributed by atoms with van der Waals surface area (Å²) in [7, 11) is 0. The lowest BCUT2D eigenvalue weighted by Crippen LogP contribution is -2.40. The van der Waals surface area contributed by atoms with Gasteiger partial charge >= 0.3 is 0 Å². The number of amides is 2.